The number of thiol groups is 2. The Labute approximate surface area is 109 Å². The first-order chi connectivity index (χ1) is 7.79. The Kier molecular flexibility index (Phi) is 10.1. The lowest BCUT2D eigenvalue weighted by molar-refractivity contribution is 1.48. The zero-order chi connectivity index (χ0) is 12.2. The van der Waals surface area contributed by atoms with Gasteiger partial charge in [-0.05, 0) is 13.8 Å². The van der Waals surface area contributed by atoms with Gasteiger partial charge in [-0.15, -0.1) is 23.3 Å². The molecule has 0 fully saturated rings. The largest absolute Gasteiger partial charge is 0.115 e. The van der Waals surface area contributed by atoms with Crippen LogP contribution in [0.4, 0.5) is 0 Å². The summed E-state index contributed by atoms with van der Waals surface area (Å²) in [6.45, 7) is 4.17. The van der Waals surface area contributed by atoms with E-state index < -0.39 is 0 Å². The molecule has 0 N–H and O–H groups in total. The molecule has 0 saturated carbocycles. The SMILES string of the molecule is Cc1ccccc1.Cc1ccccc1.SS. The van der Waals surface area contributed by atoms with Gasteiger partial charge in [-0.3, -0.25) is 0 Å². The van der Waals surface area contributed by atoms with Crippen molar-refractivity contribution >= 4 is 23.3 Å². The zero-order valence-corrected chi connectivity index (χ0v) is 11.5. The number of hydrogen-bond donors (Lipinski definition) is 2. The van der Waals surface area contributed by atoms with Gasteiger partial charge in [-0.25, -0.2) is 0 Å². The first kappa shape index (κ1) is 15.1. The van der Waals surface area contributed by atoms with Crippen LogP contribution in [0.25, 0.3) is 0 Å². The maximum atomic E-state index is 3.22. The van der Waals surface area contributed by atoms with Gasteiger partial charge in [0.1, 0.15) is 0 Å². The number of hydrogen-bond acceptors (Lipinski definition) is 2. The minimum Gasteiger partial charge on any atom is -0.115 e. The normalized spacial score (nSPS) is 8.00. The molecule has 0 unspecified atom stereocenters. The number of aryl methyl sites for hydroxylation is 2. The topological polar surface area (TPSA) is 0 Å². The molecule has 0 atom stereocenters. The van der Waals surface area contributed by atoms with Gasteiger partial charge in [0.15, 0.2) is 0 Å². The lowest BCUT2D eigenvalue weighted by Gasteiger charge is -1.82. The molecule has 0 aromatic heterocycles. The van der Waals surface area contributed by atoms with Crippen molar-refractivity contribution in [1.82, 2.24) is 0 Å². The van der Waals surface area contributed by atoms with Gasteiger partial charge in [0.05, 0.1) is 0 Å². The van der Waals surface area contributed by atoms with Crippen LogP contribution >= 0.6 is 23.3 Å². The average Bonchev–Trinajstić information content (AvgIpc) is 2.34. The van der Waals surface area contributed by atoms with E-state index in [0.717, 1.165) is 0 Å². The van der Waals surface area contributed by atoms with E-state index in [0.29, 0.717) is 0 Å². The highest BCUT2D eigenvalue weighted by molar-refractivity contribution is 8.59. The molecule has 16 heavy (non-hydrogen) atoms. The lowest BCUT2D eigenvalue weighted by atomic mass is 10.2. The molecule has 0 saturated heterocycles. The summed E-state index contributed by atoms with van der Waals surface area (Å²) in [5.41, 5.74) is 2.64. The maximum Gasteiger partial charge on any atom is -0.0398 e. The van der Waals surface area contributed by atoms with Gasteiger partial charge in [-0.2, -0.15) is 0 Å². The standard InChI is InChI=1S/2C7H8.H2S2/c2*1-7-5-3-2-4-6-7;1-2/h2*2-6H,1H3;1-2H. The van der Waals surface area contributed by atoms with Crippen molar-refractivity contribution in [1.29, 1.82) is 0 Å². The highest BCUT2D eigenvalue weighted by Crippen LogP contribution is 1.92. The highest BCUT2D eigenvalue weighted by atomic mass is 33.1. The van der Waals surface area contributed by atoms with Crippen LogP contribution < -0.4 is 0 Å². The van der Waals surface area contributed by atoms with Gasteiger partial charge >= 0.3 is 0 Å². The van der Waals surface area contributed by atoms with Crippen molar-refractivity contribution in [2.75, 3.05) is 0 Å². The Bertz CT molecular complexity index is 306. The van der Waals surface area contributed by atoms with Crippen LogP contribution in [-0.2, 0) is 0 Å². The fourth-order valence-corrected chi connectivity index (χ4v) is 1.07. The zero-order valence-electron chi connectivity index (χ0n) is 9.67. The molecule has 86 valence electrons. The quantitative estimate of drug-likeness (QED) is 0.489. The molecular formula is C14H18S2. The van der Waals surface area contributed by atoms with Crippen LogP contribution in [0.1, 0.15) is 11.1 Å². The predicted molar refractivity (Wildman–Crippen MR) is 80.3 cm³/mol. The van der Waals surface area contributed by atoms with E-state index in [2.05, 4.69) is 61.4 Å². The van der Waals surface area contributed by atoms with Crippen molar-refractivity contribution in [3.8, 4) is 0 Å². The first-order valence-corrected chi connectivity index (χ1v) is 6.62. The second kappa shape index (κ2) is 10.7. The van der Waals surface area contributed by atoms with Crippen molar-refractivity contribution in [2.45, 2.75) is 13.8 Å². The van der Waals surface area contributed by atoms with E-state index in [1.807, 2.05) is 36.4 Å². The molecule has 0 aliphatic heterocycles. The summed E-state index contributed by atoms with van der Waals surface area (Å²) in [6.07, 6.45) is 0. The molecule has 2 aromatic rings. The van der Waals surface area contributed by atoms with Crippen molar-refractivity contribution < 1.29 is 0 Å². The molecular weight excluding hydrogens is 232 g/mol. The molecule has 2 rings (SSSR count). The van der Waals surface area contributed by atoms with Crippen molar-refractivity contribution in [2.24, 2.45) is 0 Å². The van der Waals surface area contributed by atoms with E-state index in [1.54, 1.807) is 0 Å². The molecule has 2 aromatic carbocycles. The van der Waals surface area contributed by atoms with Crippen LogP contribution in [0.5, 0.6) is 0 Å². The molecule has 0 radical (unpaired) electrons. The molecule has 0 bridgehead atoms. The highest BCUT2D eigenvalue weighted by Gasteiger charge is 1.72. The van der Waals surface area contributed by atoms with E-state index in [1.165, 1.54) is 11.1 Å². The summed E-state index contributed by atoms with van der Waals surface area (Å²) in [5.74, 6) is 0. The van der Waals surface area contributed by atoms with Crippen LogP contribution in [0.3, 0.4) is 0 Å². The van der Waals surface area contributed by atoms with Gasteiger partial charge in [0.2, 0.25) is 0 Å². The van der Waals surface area contributed by atoms with Gasteiger partial charge in [0, 0.05) is 0 Å². The second-order valence-corrected chi connectivity index (χ2v) is 3.31. The van der Waals surface area contributed by atoms with Gasteiger partial charge in [0.25, 0.3) is 0 Å². The molecule has 2 heteroatoms. The van der Waals surface area contributed by atoms with E-state index in [-0.39, 0.29) is 0 Å². The Morgan fingerprint density at radius 1 is 0.562 bits per heavy atom. The smallest absolute Gasteiger partial charge is 0.0398 e. The summed E-state index contributed by atoms with van der Waals surface area (Å²) in [6, 6.07) is 20.5. The maximum absolute atomic E-state index is 3.22. The van der Waals surface area contributed by atoms with E-state index >= 15 is 0 Å². The third-order valence-corrected chi connectivity index (χ3v) is 1.88. The predicted octanol–water partition coefficient (Wildman–Crippen LogP) is 4.75. The number of rotatable bonds is 0. The third-order valence-electron chi connectivity index (χ3n) is 1.88. The molecule has 0 aliphatic carbocycles. The van der Waals surface area contributed by atoms with Crippen molar-refractivity contribution in [3.05, 3.63) is 71.8 Å². The van der Waals surface area contributed by atoms with Gasteiger partial charge < -0.3 is 0 Å². The van der Waals surface area contributed by atoms with Gasteiger partial charge in [-0.1, -0.05) is 71.8 Å². The van der Waals surface area contributed by atoms with Crippen LogP contribution in [0.2, 0.25) is 0 Å². The summed E-state index contributed by atoms with van der Waals surface area (Å²) in [5, 5.41) is 0. The average molecular weight is 250 g/mol. The summed E-state index contributed by atoms with van der Waals surface area (Å²) in [7, 11) is 0. The van der Waals surface area contributed by atoms with Crippen LogP contribution in [-0.4, -0.2) is 0 Å². The number of benzene rings is 2. The minimum atomic E-state index is 1.32. The van der Waals surface area contributed by atoms with Crippen LogP contribution in [0, 0.1) is 13.8 Å². The minimum absolute atomic E-state index is 1.32. The molecule has 0 spiro atoms. The Hall–Kier alpha value is -0.860. The van der Waals surface area contributed by atoms with Crippen molar-refractivity contribution in [3.63, 3.8) is 0 Å². The lowest BCUT2D eigenvalue weighted by Crippen LogP contribution is -1.62. The third kappa shape index (κ3) is 8.45. The first-order valence-electron chi connectivity index (χ1n) is 5.02. The van der Waals surface area contributed by atoms with E-state index in [4.69, 9.17) is 0 Å². The second-order valence-electron chi connectivity index (χ2n) is 3.31. The Balaban J connectivity index is 0.000000244. The Morgan fingerprint density at radius 3 is 0.938 bits per heavy atom. The Morgan fingerprint density at radius 2 is 0.812 bits per heavy atom. The fraction of sp³-hybridized carbons (Fsp3) is 0.143. The summed E-state index contributed by atoms with van der Waals surface area (Å²) < 4.78 is 0. The monoisotopic (exact) mass is 250 g/mol. The summed E-state index contributed by atoms with van der Waals surface area (Å²) >= 11 is 6.44. The molecule has 0 nitrogen and oxygen atoms in total. The molecule has 0 heterocycles. The molecule has 0 aliphatic rings. The van der Waals surface area contributed by atoms with E-state index in [9.17, 15) is 0 Å². The fourth-order valence-electron chi connectivity index (χ4n) is 1.07. The molecule has 0 amide bonds. The summed E-state index contributed by atoms with van der Waals surface area (Å²) in [4.78, 5) is 0. The van der Waals surface area contributed by atoms with Crippen LogP contribution in [0.15, 0.2) is 60.7 Å².